The number of rotatable bonds is 3. The molecule has 1 heterocycles. The van der Waals surface area contributed by atoms with Crippen LogP contribution in [0.25, 0.3) is 10.9 Å². The minimum atomic E-state index is -0.792. The highest BCUT2D eigenvalue weighted by Crippen LogP contribution is 2.26. The lowest BCUT2D eigenvalue weighted by molar-refractivity contribution is 0.0520. The van der Waals surface area contributed by atoms with Crippen LogP contribution >= 0.6 is 11.6 Å². The molecule has 3 rings (SSSR count). The summed E-state index contributed by atoms with van der Waals surface area (Å²) in [5, 5.41) is 4.22. The molecule has 0 aliphatic heterocycles. The lowest BCUT2D eigenvalue weighted by Crippen LogP contribution is -2.16. The lowest BCUT2D eigenvalue weighted by atomic mass is 10.1. The van der Waals surface area contributed by atoms with Crippen LogP contribution in [0.3, 0.4) is 0 Å². The van der Waals surface area contributed by atoms with E-state index < -0.39 is 17.7 Å². The monoisotopic (exact) mass is 360 g/mol. The summed E-state index contributed by atoms with van der Waals surface area (Å²) in [5.74, 6) is -2.00. The summed E-state index contributed by atoms with van der Waals surface area (Å²) in [5.41, 5.74) is 0.823. The molecule has 3 aromatic rings. The summed E-state index contributed by atoms with van der Waals surface area (Å²) in [6, 6.07) is 9.19. The maximum absolute atomic E-state index is 14.3. The molecule has 25 heavy (non-hydrogen) atoms. The Morgan fingerprint density at radius 1 is 1.24 bits per heavy atom. The van der Waals surface area contributed by atoms with Gasteiger partial charge in [0.1, 0.15) is 5.82 Å². The van der Waals surface area contributed by atoms with Crippen molar-refractivity contribution in [2.75, 3.05) is 6.61 Å². The van der Waals surface area contributed by atoms with Crippen molar-refractivity contribution < 1.29 is 18.7 Å². The van der Waals surface area contributed by atoms with Gasteiger partial charge in [-0.1, -0.05) is 29.8 Å². The highest BCUT2D eigenvalue weighted by Gasteiger charge is 2.26. The van der Waals surface area contributed by atoms with Crippen molar-refractivity contribution in [3.8, 4) is 0 Å². The molecule has 0 unspecified atom stereocenters. The van der Waals surface area contributed by atoms with Crippen LogP contribution in [0.5, 0.6) is 0 Å². The van der Waals surface area contributed by atoms with Gasteiger partial charge in [0.2, 0.25) is 0 Å². The molecule has 0 fully saturated rings. The summed E-state index contributed by atoms with van der Waals surface area (Å²) < 4.78 is 20.2. The zero-order chi connectivity index (χ0) is 18.1. The fraction of sp³-hybridized carbons (Fsp3) is 0.167. The number of halogens is 2. The van der Waals surface area contributed by atoms with Gasteiger partial charge in [-0.15, -0.1) is 0 Å². The van der Waals surface area contributed by atoms with Gasteiger partial charge in [0.25, 0.3) is 5.91 Å². The average molecular weight is 361 g/mol. The number of hydrogen-bond acceptors (Lipinski definition) is 4. The second-order valence-corrected chi connectivity index (χ2v) is 5.76. The molecule has 1 aromatic heterocycles. The molecule has 2 aromatic carbocycles. The van der Waals surface area contributed by atoms with Gasteiger partial charge >= 0.3 is 5.97 Å². The van der Waals surface area contributed by atoms with E-state index in [0.29, 0.717) is 5.56 Å². The van der Waals surface area contributed by atoms with Crippen LogP contribution in [-0.4, -0.2) is 28.3 Å². The molecule has 5 nitrogen and oxygen atoms in total. The summed E-state index contributed by atoms with van der Waals surface area (Å²) >= 11 is 6.15. The number of carbonyl (C=O) groups excluding carboxylic acids is 2. The van der Waals surface area contributed by atoms with Crippen molar-refractivity contribution in [2.45, 2.75) is 13.8 Å². The normalized spacial score (nSPS) is 10.9. The van der Waals surface area contributed by atoms with E-state index >= 15 is 0 Å². The minimum Gasteiger partial charge on any atom is -0.461 e. The van der Waals surface area contributed by atoms with E-state index in [1.54, 1.807) is 32.0 Å². The first kappa shape index (κ1) is 17.1. The SMILES string of the molecule is CCOC(=O)c1nn(C(=O)c2c(C)cccc2Cl)c2cccc(F)c12. The Kier molecular flexibility index (Phi) is 4.55. The number of hydrogen-bond donors (Lipinski definition) is 0. The molecule has 7 heteroatoms. The standard InChI is InChI=1S/C18H14ClFN2O3/c1-3-25-18(24)16-15-12(20)8-5-9-13(15)22(21-16)17(23)14-10(2)6-4-7-11(14)19/h4-9H,3H2,1-2H3. The lowest BCUT2D eigenvalue weighted by Gasteiger charge is -2.07. The third-order valence-corrected chi connectivity index (χ3v) is 4.07. The van der Waals surface area contributed by atoms with Gasteiger partial charge in [0.05, 0.1) is 28.1 Å². The van der Waals surface area contributed by atoms with Crippen molar-refractivity contribution in [1.82, 2.24) is 9.78 Å². The van der Waals surface area contributed by atoms with Crippen molar-refractivity contribution in [3.63, 3.8) is 0 Å². The number of aromatic nitrogens is 2. The van der Waals surface area contributed by atoms with Crippen LogP contribution in [0.2, 0.25) is 5.02 Å². The molecule has 128 valence electrons. The number of benzene rings is 2. The summed E-state index contributed by atoms with van der Waals surface area (Å²) in [4.78, 5) is 25.1. The van der Waals surface area contributed by atoms with Gasteiger partial charge in [0.15, 0.2) is 5.69 Å². The number of carbonyl (C=O) groups is 2. The van der Waals surface area contributed by atoms with Crippen molar-refractivity contribution >= 4 is 34.4 Å². The van der Waals surface area contributed by atoms with Crippen LogP contribution in [0.15, 0.2) is 36.4 Å². The number of nitrogens with zero attached hydrogens (tertiary/aromatic N) is 2. The Morgan fingerprint density at radius 3 is 2.64 bits per heavy atom. The van der Waals surface area contributed by atoms with Crippen LogP contribution in [0.4, 0.5) is 4.39 Å². The molecule has 0 radical (unpaired) electrons. The van der Waals surface area contributed by atoms with Crippen LogP contribution in [0.1, 0.15) is 33.3 Å². The van der Waals surface area contributed by atoms with E-state index in [1.807, 2.05) is 0 Å². The van der Waals surface area contributed by atoms with Crippen molar-refractivity contribution in [2.24, 2.45) is 0 Å². The van der Waals surface area contributed by atoms with Crippen LogP contribution in [-0.2, 0) is 4.74 Å². The molecule has 0 amide bonds. The van der Waals surface area contributed by atoms with Crippen LogP contribution < -0.4 is 0 Å². The van der Waals surface area contributed by atoms with Gasteiger partial charge in [-0.2, -0.15) is 9.78 Å². The predicted octanol–water partition coefficient (Wildman–Crippen LogP) is 4.00. The number of esters is 1. The molecule has 0 spiro atoms. The molecule has 0 saturated heterocycles. The summed E-state index contributed by atoms with van der Waals surface area (Å²) in [6.07, 6.45) is 0. The molecular formula is C18H14ClFN2O3. The molecule has 0 bridgehead atoms. The van der Waals surface area contributed by atoms with Gasteiger partial charge in [-0.25, -0.2) is 9.18 Å². The molecule has 0 aliphatic carbocycles. The Hall–Kier alpha value is -2.73. The largest absolute Gasteiger partial charge is 0.461 e. The van der Waals surface area contributed by atoms with E-state index in [0.717, 1.165) is 4.68 Å². The zero-order valence-corrected chi connectivity index (χ0v) is 14.3. The molecule has 0 aliphatic rings. The molecule has 0 N–H and O–H groups in total. The van der Waals surface area contributed by atoms with Gasteiger partial charge in [0, 0.05) is 0 Å². The minimum absolute atomic E-state index is 0.0565. The van der Waals surface area contributed by atoms with Crippen LogP contribution in [0, 0.1) is 12.7 Å². The number of aryl methyl sites for hydroxylation is 1. The maximum Gasteiger partial charge on any atom is 0.359 e. The fourth-order valence-corrected chi connectivity index (χ4v) is 2.94. The highest BCUT2D eigenvalue weighted by atomic mass is 35.5. The highest BCUT2D eigenvalue weighted by molar-refractivity contribution is 6.34. The Labute approximate surface area is 148 Å². The molecule has 0 atom stereocenters. The Balaban J connectivity index is 2.25. The average Bonchev–Trinajstić information content (AvgIpc) is 2.96. The zero-order valence-electron chi connectivity index (χ0n) is 13.5. The predicted molar refractivity (Wildman–Crippen MR) is 91.6 cm³/mol. The quantitative estimate of drug-likeness (QED) is 0.662. The molecular weight excluding hydrogens is 347 g/mol. The summed E-state index contributed by atoms with van der Waals surface area (Å²) in [7, 11) is 0. The first-order chi connectivity index (χ1) is 12.0. The first-order valence-electron chi connectivity index (χ1n) is 7.59. The second kappa shape index (κ2) is 6.64. The number of ether oxygens (including phenoxy) is 1. The first-order valence-corrected chi connectivity index (χ1v) is 7.97. The Bertz CT molecular complexity index is 977. The van der Waals surface area contributed by atoms with E-state index in [4.69, 9.17) is 16.3 Å². The Morgan fingerprint density at radius 2 is 1.96 bits per heavy atom. The second-order valence-electron chi connectivity index (χ2n) is 5.35. The fourth-order valence-electron chi connectivity index (χ4n) is 2.63. The van der Waals surface area contributed by atoms with Gasteiger partial charge in [-0.05, 0) is 37.6 Å². The smallest absolute Gasteiger partial charge is 0.359 e. The van der Waals surface area contributed by atoms with E-state index in [2.05, 4.69) is 5.10 Å². The van der Waals surface area contributed by atoms with E-state index in [1.165, 1.54) is 18.2 Å². The summed E-state index contributed by atoms with van der Waals surface area (Å²) in [6.45, 7) is 3.47. The van der Waals surface area contributed by atoms with Gasteiger partial charge < -0.3 is 4.74 Å². The van der Waals surface area contributed by atoms with Gasteiger partial charge in [-0.3, -0.25) is 4.79 Å². The van der Waals surface area contributed by atoms with E-state index in [-0.39, 0.29) is 33.8 Å². The van der Waals surface area contributed by atoms with Crippen molar-refractivity contribution in [1.29, 1.82) is 0 Å². The number of fused-ring (bicyclic) bond motifs is 1. The third-order valence-electron chi connectivity index (χ3n) is 3.75. The maximum atomic E-state index is 14.3. The van der Waals surface area contributed by atoms with E-state index in [9.17, 15) is 14.0 Å². The molecule has 0 saturated carbocycles. The third kappa shape index (κ3) is 2.89. The van der Waals surface area contributed by atoms with Crippen molar-refractivity contribution in [3.05, 3.63) is 64.1 Å². The topological polar surface area (TPSA) is 61.2 Å².